The fourth-order valence-electron chi connectivity index (χ4n) is 16.9. The predicted octanol–water partition coefficient (Wildman–Crippen LogP) is 37.1. The lowest BCUT2D eigenvalue weighted by atomic mass is 9.99. The van der Waals surface area contributed by atoms with Crippen molar-refractivity contribution in [3.05, 3.63) is 276 Å². The Bertz CT molecular complexity index is 4890. The lowest BCUT2D eigenvalue weighted by Gasteiger charge is -2.13. The molecule has 0 aliphatic rings. The van der Waals surface area contributed by atoms with Crippen molar-refractivity contribution in [1.29, 1.82) is 0 Å². The summed E-state index contributed by atoms with van der Waals surface area (Å²) in [4.78, 5) is 43.1. The third kappa shape index (κ3) is 45.7. The van der Waals surface area contributed by atoms with Gasteiger partial charge in [0.1, 0.15) is 23.1 Å². The minimum Gasteiger partial charge on any atom is -0.493 e. The van der Waals surface area contributed by atoms with Gasteiger partial charge in [-0.15, -0.1) is 0 Å². The molecule has 2 aromatic heterocycles. The molecule has 0 aliphatic heterocycles. The van der Waals surface area contributed by atoms with Crippen LogP contribution in [0.2, 0.25) is 0 Å². The number of esters is 2. The predicted molar refractivity (Wildman–Crippen MR) is 591 cm³/mol. The highest BCUT2D eigenvalue weighted by Crippen LogP contribution is 2.33. The number of unbranched alkanes of at least 4 members (excludes halogenated alkanes) is 32. The van der Waals surface area contributed by atoms with Gasteiger partial charge in [-0.3, -0.25) is 0 Å². The van der Waals surface area contributed by atoms with Crippen LogP contribution in [-0.2, 0) is 35.2 Å². The summed E-state index contributed by atoms with van der Waals surface area (Å²) in [6, 6.07) is 68.3. The largest absolute Gasteiger partial charge is 0.493 e. The normalized spacial score (nSPS) is 11.3. The summed E-state index contributed by atoms with van der Waals surface area (Å²) in [6.45, 7) is 23.1. The second kappa shape index (κ2) is 71.6. The number of ether oxygens (including phenoxy) is 4. The van der Waals surface area contributed by atoms with Crippen molar-refractivity contribution in [2.45, 2.75) is 377 Å². The first-order valence-corrected chi connectivity index (χ1v) is 53.3. The molecule has 748 valence electrons. The summed E-state index contributed by atoms with van der Waals surface area (Å²) in [7, 11) is 0. The maximum atomic E-state index is 14.7. The van der Waals surface area contributed by atoms with Crippen LogP contribution in [0.3, 0.4) is 0 Å². The number of carbonyl (C=O) groups is 2. The van der Waals surface area contributed by atoms with E-state index in [1.54, 1.807) is 24.5 Å². The van der Waals surface area contributed by atoms with E-state index in [0.717, 1.165) is 115 Å². The second-order valence-corrected chi connectivity index (χ2v) is 37.4. The van der Waals surface area contributed by atoms with E-state index >= 15 is 0 Å². The molecule has 9 aromatic carbocycles. The molecule has 0 saturated carbocycles. The number of carbonyl (C=O) groups excluding carboxylic acids is 2. The zero-order valence-electron chi connectivity index (χ0n) is 86.0. The molecule has 11 aromatic rings. The van der Waals surface area contributed by atoms with E-state index in [4.69, 9.17) is 18.9 Å². The van der Waals surface area contributed by atoms with E-state index in [1.807, 2.05) is 99.0 Å². The van der Waals surface area contributed by atoms with Gasteiger partial charge in [0.25, 0.3) is 0 Å². The Balaban J connectivity index is 0.000000282. The second-order valence-electron chi connectivity index (χ2n) is 37.4. The Hall–Kier alpha value is -9.76. The van der Waals surface area contributed by atoms with Crippen molar-refractivity contribution in [2.24, 2.45) is 0 Å². The number of aromatic nitrogens is 4. The van der Waals surface area contributed by atoms with Gasteiger partial charge >= 0.3 is 11.9 Å². The third-order valence-corrected chi connectivity index (χ3v) is 25.6. The first-order chi connectivity index (χ1) is 66.6. The standard InChI is InChI=1S/C36H46O4.C30H45FO.C29H37FN2O.C29H38N2.2H2S/c1-5-7-9-11-13-27(3)39-35(37)33-23-19-31(20-24-33)29-15-17-30(18-16-29)32-21-25-34(26-22-32)36(38)40-28(4)14-12-10-8-6-2;1-3-5-7-9-11-12-14-16-24-32-28-22-23-29(30(31)25-28)27-20-18-26(19-21-27)17-15-13-10-8-6-4-2;1-3-5-7-8-9-11-19-33-26-17-18-27(28(30)20-26)29-31-21-25(22-32-29)24-15-13-23(14-16-24)12-10-6-4-2;1-3-5-7-9-11-12-24-14-16-26(17-15-24)27-18-20-28(21-19-27)29-30-22-25(23-31-29)13-10-8-6-4-2;;/h15-28H,5-14H2,1-4H3;18-23,25H,3-17,24H2,1-2H3;13-18,20-22H,3-12,19H2,1-2H3;14-23H,3-13H2,1-2H3;2*1H2/t27-,28-;;;;;/m1...../s1. The van der Waals surface area contributed by atoms with Crippen LogP contribution in [0.1, 0.15) is 382 Å². The first kappa shape index (κ1) is 117. The van der Waals surface area contributed by atoms with E-state index in [2.05, 4.69) is 185 Å². The van der Waals surface area contributed by atoms with Gasteiger partial charge < -0.3 is 18.9 Å². The molecule has 0 N–H and O–H groups in total. The van der Waals surface area contributed by atoms with Gasteiger partial charge in [-0.05, 0) is 219 Å². The molecule has 10 nitrogen and oxygen atoms in total. The molecule has 0 radical (unpaired) electrons. The van der Waals surface area contributed by atoms with Crippen LogP contribution in [0.25, 0.3) is 78.4 Å². The molecule has 138 heavy (non-hydrogen) atoms. The number of benzene rings is 9. The van der Waals surface area contributed by atoms with E-state index < -0.39 is 0 Å². The maximum Gasteiger partial charge on any atom is 0.338 e. The summed E-state index contributed by atoms with van der Waals surface area (Å²) in [5.41, 5.74) is 18.3. The van der Waals surface area contributed by atoms with Crippen molar-refractivity contribution in [1.82, 2.24) is 19.9 Å². The summed E-state index contributed by atoms with van der Waals surface area (Å²) in [5, 5.41) is 0. The quantitative estimate of drug-likeness (QED) is 0.0269. The van der Waals surface area contributed by atoms with Crippen molar-refractivity contribution in [3.8, 4) is 89.9 Å². The third-order valence-electron chi connectivity index (χ3n) is 25.6. The molecule has 0 amide bonds. The summed E-state index contributed by atoms with van der Waals surface area (Å²) < 4.78 is 52.1. The van der Waals surface area contributed by atoms with Crippen LogP contribution in [0, 0.1) is 11.6 Å². The lowest BCUT2D eigenvalue weighted by molar-refractivity contribution is 0.0309. The minimum atomic E-state index is -0.361. The molecule has 2 heterocycles. The molecule has 0 unspecified atom stereocenters. The van der Waals surface area contributed by atoms with Crippen LogP contribution >= 0.6 is 27.0 Å². The van der Waals surface area contributed by atoms with Crippen LogP contribution in [-0.4, -0.2) is 57.3 Å². The SMILES string of the molecule is CCCCCCCCCCOc1ccc(-c2ccc(CCCCCCCC)cc2)c(F)c1.CCCCCCCCOc1ccc(-c2ncc(-c3ccc(CCCCC)cc3)cn2)c(F)c1.CCCCCCCc1ccc(-c2ccc(-c3ncc(CCCCCC)cn3)cc2)cc1.CCCCCC[C@@H](C)OC(=O)c1ccc(-c2ccc(-c3ccc(C(=O)O[C@H](C)CCCCCC)cc3)cc2)cc1.S.S. The average Bonchev–Trinajstić information content (AvgIpc) is 0.822. The fraction of sp³-hybridized carbons (Fsp3) is 0.484. The molecular weight excluding hydrogens is 1740 g/mol. The van der Waals surface area contributed by atoms with Crippen LogP contribution in [0.4, 0.5) is 8.78 Å². The summed E-state index contributed by atoms with van der Waals surface area (Å²) in [6.07, 6.45) is 63.9. The van der Waals surface area contributed by atoms with Gasteiger partial charge in [-0.2, -0.15) is 27.0 Å². The molecule has 0 saturated heterocycles. The molecule has 11 rings (SSSR count). The first-order valence-electron chi connectivity index (χ1n) is 53.3. The van der Waals surface area contributed by atoms with Crippen LogP contribution in [0.15, 0.2) is 231 Å². The average molecular weight is 1910 g/mol. The molecular formula is C124H170F2N4O6S2. The zero-order valence-corrected chi connectivity index (χ0v) is 88.0. The Morgan fingerprint density at radius 2 is 0.507 bits per heavy atom. The van der Waals surface area contributed by atoms with Gasteiger partial charge in [0.2, 0.25) is 0 Å². The van der Waals surface area contributed by atoms with E-state index in [9.17, 15) is 18.4 Å². The van der Waals surface area contributed by atoms with Crippen molar-refractivity contribution in [3.63, 3.8) is 0 Å². The number of hydrogen-bond acceptors (Lipinski definition) is 10. The van der Waals surface area contributed by atoms with Gasteiger partial charge in [-0.1, -0.05) is 406 Å². The summed E-state index contributed by atoms with van der Waals surface area (Å²) >= 11 is 0. The lowest BCUT2D eigenvalue weighted by Crippen LogP contribution is -2.15. The molecule has 0 spiro atoms. The van der Waals surface area contributed by atoms with Crippen LogP contribution in [0.5, 0.6) is 11.5 Å². The number of rotatable bonds is 61. The fourth-order valence-corrected chi connectivity index (χ4v) is 16.9. The van der Waals surface area contributed by atoms with Gasteiger partial charge in [-0.25, -0.2) is 38.3 Å². The zero-order chi connectivity index (χ0) is 96.6. The van der Waals surface area contributed by atoms with E-state index in [-0.39, 0.29) is 62.8 Å². The van der Waals surface area contributed by atoms with E-state index in [0.29, 0.717) is 52.8 Å². The topological polar surface area (TPSA) is 123 Å². The maximum absolute atomic E-state index is 14.7. The minimum absolute atomic E-state index is 0. The summed E-state index contributed by atoms with van der Waals surface area (Å²) in [5.74, 6) is 1.28. The highest BCUT2D eigenvalue weighted by atomic mass is 32.1. The van der Waals surface area contributed by atoms with Crippen LogP contribution < -0.4 is 9.47 Å². The Labute approximate surface area is 846 Å². The van der Waals surface area contributed by atoms with Crippen molar-refractivity contribution >= 4 is 38.9 Å². The Morgan fingerprint density at radius 1 is 0.254 bits per heavy atom. The molecule has 0 bridgehead atoms. The molecule has 14 heteroatoms. The highest BCUT2D eigenvalue weighted by molar-refractivity contribution is 7.59. The number of halogens is 2. The monoisotopic (exact) mass is 1910 g/mol. The highest BCUT2D eigenvalue weighted by Gasteiger charge is 2.18. The van der Waals surface area contributed by atoms with E-state index in [1.165, 1.54) is 277 Å². The smallest absolute Gasteiger partial charge is 0.338 e. The number of aryl methyl sites for hydroxylation is 4. The van der Waals surface area contributed by atoms with Crippen molar-refractivity contribution < 1.29 is 37.3 Å². The molecule has 2 atom stereocenters. The number of hydrogen-bond donors (Lipinski definition) is 0. The van der Waals surface area contributed by atoms with Gasteiger partial charge in [0.15, 0.2) is 11.6 Å². The van der Waals surface area contributed by atoms with Gasteiger partial charge in [0.05, 0.1) is 42.1 Å². The molecule has 0 aliphatic carbocycles. The van der Waals surface area contributed by atoms with Crippen molar-refractivity contribution in [2.75, 3.05) is 13.2 Å². The number of nitrogens with zero attached hydrogens (tertiary/aromatic N) is 4. The van der Waals surface area contributed by atoms with Gasteiger partial charge in [0, 0.05) is 53.6 Å². The molecule has 0 fully saturated rings. The Kier molecular flexibility index (Phi) is 60.7. The Morgan fingerprint density at radius 3 is 0.855 bits per heavy atom.